The molecular formula is C12H26N2O. The summed E-state index contributed by atoms with van der Waals surface area (Å²) in [5.74, 6) is 0. The predicted octanol–water partition coefficient (Wildman–Crippen LogP) is 1.83. The number of nitrogens with one attached hydrogen (secondary N) is 1. The SMILES string of the molecule is CCCCN(CCCC)C1CNCCO1. The third kappa shape index (κ3) is 4.96. The molecule has 0 aromatic heterocycles. The van der Waals surface area contributed by atoms with Gasteiger partial charge in [-0.1, -0.05) is 26.7 Å². The zero-order valence-corrected chi connectivity index (χ0v) is 10.3. The number of hydrogen-bond donors (Lipinski definition) is 1. The molecule has 0 radical (unpaired) electrons. The smallest absolute Gasteiger partial charge is 0.123 e. The molecule has 15 heavy (non-hydrogen) atoms. The topological polar surface area (TPSA) is 24.5 Å². The van der Waals surface area contributed by atoms with Crippen LogP contribution in [0.25, 0.3) is 0 Å². The van der Waals surface area contributed by atoms with Crippen molar-refractivity contribution in [2.75, 3.05) is 32.8 Å². The lowest BCUT2D eigenvalue weighted by molar-refractivity contribution is -0.0760. The minimum atomic E-state index is 0.317. The van der Waals surface area contributed by atoms with Crippen molar-refractivity contribution in [3.8, 4) is 0 Å². The van der Waals surface area contributed by atoms with Crippen LogP contribution < -0.4 is 5.32 Å². The van der Waals surface area contributed by atoms with E-state index < -0.39 is 0 Å². The summed E-state index contributed by atoms with van der Waals surface area (Å²) in [6, 6.07) is 0. The fraction of sp³-hybridized carbons (Fsp3) is 1.00. The first-order chi connectivity index (χ1) is 7.38. The van der Waals surface area contributed by atoms with Gasteiger partial charge in [0.2, 0.25) is 0 Å². The van der Waals surface area contributed by atoms with Crippen molar-refractivity contribution >= 4 is 0 Å². The second-order valence-electron chi connectivity index (χ2n) is 4.27. The molecule has 0 amide bonds. The van der Waals surface area contributed by atoms with Crippen molar-refractivity contribution in [3.05, 3.63) is 0 Å². The summed E-state index contributed by atoms with van der Waals surface area (Å²) >= 11 is 0. The molecule has 3 nitrogen and oxygen atoms in total. The van der Waals surface area contributed by atoms with E-state index in [0.717, 1.165) is 19.7 Å². The monoisotopic (exact) mass is 214 g/mol. The normalized spacial score (nSPS) is 22.2. The minimum absolute atomic E-state index is 0.317. The van der Waals surface area contributed by atoms with Crippen LogP contribution >= 0.6 is 0 Å². The molecule has 0 bridgehead atoms. The van der Waals surface area contributed by atoms with E-state index in [4.69, 9.17) is 4.74 Å². The molecule has 1 aliphatic rings. The first kappa shape index (κ1) is 12.9. The first-order valence-electron chi connectivity index (χ1n) is 6.44. The second-order valence-corrected chi connectivity index (χ2v) is 4.27. The molecule has 0 aromatic rings. The van der Waals surface area contributed by atoms with Gasteiger partial charge in [0.15, 0.2) is 0 Å². The molecule has 1 saturated heterocycles. The van der Waals surface area contributed by atoms with Gasteiger partial charge >= 0.3 is 0 Å². The van der Waals surface area contributed by atoms with Gasteiger partial charge in [-0.2, -0.15) is 0 Å². The molecule has 1 atom stereocenters. The van der Waals surface area contributed by atoms with Gasteiger partial charge in [0.1, 0.15) is 6.23 Å². The van der Waals surface area contributed by atoms with Crippen molar-refractivity contribution < 1.29 is 4.74 Å². The molecule has 0 spiro atoms. The maximum absolute atomic E-state index is 5.80. The average Bonchev–Trinajstić information content (AvgIpc) is 2.30. The van der Waals surface area contributed by atoms with E-state index in [0.29, 0.717) is 6.23 Å². The van der Waals surface area contributed by atoms with Crippen LogP contribution in [0.1, 0.15) is 39.5 Å². The number of ether oxygens (including phenoxy) is 1. The van der Waals surface area contributed by atoms with Crippen molar-refractivity contribution in [2.45, 2.75) is 45.8 Å². The second kappa shape index (κ2) is 8.08. The first-order valence-corrected chi connectivity index (χ1v) is 6.44. The Labute approximate surface area is 94.2 Å². The molecule has 1 unspecified atom stereocenters. The molecule has 0 aromatic carbocycles. The van der Waals surface area contributed by atoms with E-state index in [1.165, 1.54) is 38.8 Å². The molecule has 90 valence electrons. The van der Waals surface area contributed by atoms with Crippen molar-refractivity contribution in [2.24, 2.45) is 0 Å². The lowest BCUT2D eigenvalue weighted by Gasteiger charge is -2.34. The van der Waals surface area contributed by atoms with Gasteiger partial charge in [-0.05, 0) is 12.8 Å². The molecule has 1 rings (SSSR count). The van der Waals surface area contributed by atoms with Crippen LogP contribution in [0.5, 0.6) is 0 Å². The fourth-order valence-corrected chi connectivity index (χ4v) is 1.91. The Kier molecular flexibility index (Phi) is 6.98. The van der Waals surface area contributed by atoms with Gasteiger partial charge in [-0.15, -0.1) is 0 Å². The minimum Gasteiger partial charge on any atom is -0.360 e. The lowest BCUT2D eigenvalue weighted by Crippen LogP contribution is -2.49. The molecule has 1 aliphatic heterocycles. The third-order valence-corrected chi connectivity index (χ3v) is 2.91. The Morgan fingerprint density at radius 1 is 1.20 bits per heavy atom. The predicted molar refractivity (Wildman–Crippen MR) is 64.0 cm³/mol. The number of hydrogen-bond acceptors (Lipinski definition) is 3. The van der Waals surface area contributed by atoms with Gasteiger partial charge in [0, 0.05) is 26.2 Å². The van der Waals surface area contributed by atoms with Crippen LogP contribution in [0, 0.1) is 0 Å². The van der Waals surface area contributed by atoms with E-state index in [1.807, 2.05) is 0 Å². The number of unbranched alkanes of at least 4 members (excludes halogenated alkanes) is 2. The largest absolute Gasteiger partial charge is 0.360 e. The van der Waals surface area contributed by atoms with E-state index in [9.17, 15) is 0 Å². The Balaban J connectivity index is 2.30. The van der Waals surface area contributed by atoms with Crippen LogP contribution in [0.2, 0.25) is 0 Å². The molecule has 0 saturated carbocycles. The summed E-state index contributed by atoms with van der Waals surface area (Å²) in [5.41, 5.74) is 0. The summed E-state index contributed by atoms with van der Waals surface area (Å²) in [4.78, 5) is 2.50. The Morgan fingerprint density at radius 2 is 1.87 bits per heavy atom. The summed E-state index contributed by atoms with van der Waals surface area (Å²) in [7, 11) is 0. The highest BCUT2D eigenvalue weighted by Crippen LogP contribution is 2.08. The van der Waals surface area contributed by atoms with Crippen molar-refractivity contribution in [3.63, 3.8) is 0 Å². The van der Waals surface area contributed by atoms with Gasteiger partial charge in [0.25, 0.3) is 0 Å². The van der Waals surface area contributed by atoms with E-state index in [2.05, 4.69) is 24.1 Å². The zero-order valence-electron chi connectivity index (χ0n) is 10.3. The average molecular weight is 214 g/mol. The van der Waals surface area contributed by atoms with Gasteiger partial charge in [0.05, 0.1) is 6.61 Å². The van der Waals surface area contributed by atoms with Crippen LogP contribution in [-0.2, 0) is 4.74 Å². The summed E-state index contributed by atoms with van der Waals surface area (Å²) in [6.07, 6.45) is 5.41. The highest BCUT2D eigenvalue weighted by Gasteiger charge is 2.20. The van der Waals surface area contributed by atoms with Crippen LogP contribution in [0.4, 0.5) is 0 Å². The summed E-state index contributed by atoms with van der Waals surface area (Å²) in [6.45, 7) is 9.72. The highest BCUT2D eigenvalue weighted by atomic mass is 16.5. The molecule has 1 fully saturated rings. The molecule has 3 heteroatoms. The van der Waals surface area contributed by atoms with Gasteiger partial charge in [-0.3, -0.25) is 4.90 Å². The standard InChI is InChI=1S/C12H26N2O/c1-3-5-8-14(9-6-4-2)12-11-13-7-10-15-12/h12-13H,3-11H2,1-2H3. The maximum atomic E-state index is 5.80. The summed E-state index contributed by atoms with van der Waals surface area (Å²) in [5, 5.41) is 3.40. The maximum Gasteiger partial charge on any atom is 0.123 e. The lowest BCUT2D eigenvalue weighted by atomic mass is 10.2. The van der Waals surface area contributed by atoms with Crippen LogP contribution in [-0.4, -0.2) is 43.9 Å². The van der Waals surface area contributed by atoms with E-state index in [-0.39, 0.29) is 0 Å². The van der Waals surface area contributed by atoms with Gasteiger partial charge < -0.3 is 10.1 Å². The molecular weight excluding hydrogens is 188 g/mol. The molecule has 0 aliphatic carbocycles. The molecule has 1 heterocycles. The highest BCUT2D eigenvalue weighted by molar-refractivity contribution is 4.69. The number of nitrogens with zero attached hydrogens (tertiary/aromatic N) is 1. The van der Waals surface area contributed by atoms with Gasteiger partial charge in [-0.25, -0.2) is 0 Å². The van der Waals surface area contributed by atoms with Crippen molar-refractivity contribution in [1.29, 1.82) is 0 Å². The quantitative estimate of drug-likeness (QED) is 0.700. The Hall–Kier alpha value is -0.120. The summed E-state index contributed by atoms with van der Waals surface area (Å²) < 4.78 is 5.80. The third-order valence-electron chi connectivity index (χ3n) is 2.91. The Morgan fingerprint density at radius 3 is 2.33 bits per heavy atom. The molecule has 1 N–H and O–H groups in total. The fourth-order valence-electron chi connectivity index (χ4n) is 1.91. The zero-order chi connectivity index (χ0) is 10.9. The van der Waals surface area contributed by atoms with Crippen LogP contribution in [0.15, 0.2) is 0 Å². The van der Waals surface area contributed by atoms with Crippen molar-refractivity contribution in [1.82, 2.24) is 10.2 Å². The Bertz CT molecular complexity index is 139. The number of morpholine rings is 1. The van der Waals surface area contributed by atoms with Crippen LogP contribution in [0.3, 0.4) is 0 Å². The number of rotatable bonds is 7. The van der Waals surface area contributed by atoms with E-state index in [1.54, 1.807) is 0 Å². The van der Waals surface area contributed by atoms with E-state index >= 15 is 0 Å².